The van der Waals surface area contributed by atoms with E-state index in [1.165, 1.54) is 30.3 Å². The molecule has 1 aliphatic heterocycles. The Hall–Kier alpha value is -3.02. The first-order valence-electron chi connectivity index (χ1n) is 9.75. The van der Waals surface area contributed by atoms with Crippen molar-refractivity contribution in [1.29, 1.82) is 0 Å². The summed E-state index contributed by atoms with van der Waals surface area (Å²) in [5, 5.41) is 3.35. The minimum atomic E-state index is -0.337. The summed E-state index contributed by atoms with van der Waals surface area (Å²) < 4.78 is 43.1. The molecule has 6 heteroatoms. The predicted octanol–water partition coefficient (Wildman–Crippen LogP) is 5.95. The Morgan fingerprint density at radius 3 is 2.40 bits per heavy atom. The summed E-state index contributed by atoms with van der Waals surface area (Å²) in [7, 11) is 0. The first-order chi connectivity index (χ1) is 14.5. The molecular formula is C24H27F3N2O. The number of aliphatic imine (C=N–C) groups is 1. The van der Waals surface area contributed by atoms with Crippen LogP contribution in [0.15, 0.2) is 77.3 Å². The molecule has 0 amide bonds. The zero-order valence-corrected chi connectivity index (χ0v) is 17.4. The maximum absolute atomic E-state index is 13.6. The van der Waals surface area contributed by atoms with Crippen LogP contribution in [0.4, 0.5) is 13.2 Å². The molecule has 1 N–H and O–H groups in total. The zero-order chi connectivity index (χ0) is 21.9. The number of hydrogen-bond donors (Lipinski definition) is 1. The van der Waals surface area contributed by atoms with Gasteiger partial charge in [-0.1, -0.05) is 35.9 Å². The van der Waals surface area contributed by atoms with Crippen LogP contribution in [0.1, 0.15) is 32.4 Å². The SMILES string of the molecule is C/C=C(\C)[C@H]1NC(COc2ccc(F)cc2)=N[C@H]1c1cccc(F)c1.C/C=C\CF. The van der Waals surface area contributed by atoms with Gasteiger partial charge in [0.05, 0.1) is 6.04 Å². The molecule has 3 rings (SSSR count). The van der Waals surface area contributed by atoms with Crippen molar-refractivity contribution in [3.05, 3.63) is 89.5 Å². The molecule has 0 spiro atoms. The van der Waals surface area contributed by atoms with Crippen LogP contribution in [0.2, 0.25) is 0 Å². The fourth-order valence-corrected chi connectivity index (χ4v) is 2.89. The molecule has 1 aliphatic rings. The predicted molar refractivity (Wildman–Crippen MR) is 116 cm³/mol. The molecule has 2 aromatic carbocycles. The summed E-state index contributed by atoms with van der Waals surface area (Å²) in [5.74, 6) is 0.670. The third-order valence-corrected chi connectivity index (χ3v) is 4.58. The van der Waals surface area contributed by atoms with Gasteiger partial charge in [0.15, 0.2) is 0 Å². The summed E-state index contributed by atoms with van der Waals surface area (Å²) in [6, 6.07) is 12.1. The van der Waals surface area contributed by atoms with Crippen molar-refractivity contribution in [1.82, 2.24) is 5.32 Å². The lowest BCUT2D eigenvalue weighted by Crippen LogP contribution is -2.35. The molecule has 0 bridgehead atoms. The molecule has 3 nitrogen and oxygen atoms in total. The number of amidine groups is 1. The van der Waals surface area contributed by atoms with Crippen LogP contribution in [-0.2, 0) is 0 Å². The monoisotopic (exact) mass is 416 g/mol. The first kappa shape index (κ1) is 23.3. The molecule has 0 radical (unpaired) electrons. The smallest absolute Gasteiger partial charge is 0.145 e. The second-order valence-electron chi connectivity index (χ2n) is 6.70. The number of benzene rings is 2. The maximum Gasteiger partial charge on any atom is 0.145 e. The van der Waals surface area contributed by atoms with Gasteiger partial charge in [0.1, 0.15) is 42.5 Å². The van der Waals surface area contributed by atoms with Gasteiger partial charge in [-0.15, -0.1) is 0 Å². The fraction of sp³-hybridized carbons (Fsp3) is 0.292. The van der Waals surface area contributed by atoms with E-state index in [4.69, 9.17) is 4.74 Å². The van der Waals surface area contributed by atoms with Crippen LogP contribution in [0, 0.1) is 11.6 Å². The summed E-state index contributed by atoms with van der Waals surface area (Å²) in [4.78, 5) is 4.68. The first-order valence-corrected chi connectivity index (χ1v) is 9.75. The van der Waals surface area contributed by atoms with Crippen molar-refractivity contribution in [3.8, 4) is 5.75 Å². The molecule has 2 atom stereocenters. The molecule has 0 aromatic heterocycles. The molecule has 2 aromatic rings. The van der Waals surface area contributed by atoms with Gasteiger partial charge in [-0.3, -0.25) is 4.99 Å². The van der Waals surface area contributed by atoms with E-state index in [0.717, 1.165) is 11.1 Å². The highest BCUT2D eigenvalue weighted by Gasteiger charge is 2.31. The lowest BCUT2D eigenvalue weighted by molar-refractivity contribution is 0.372. The van der Waals surface area contributed by atoms with Crippen molar-refractivity contribution < 1.29 is 17.9 Å². The molecule has 0 unspecified atom stereocenters. The van der Waals surface area contributed by atoms with Crippen LogP contribution in [-0.4, -0.2) is 25.2 Å². The molecule has 160 valence electrons. The van der Waals surface area contributed by atoms with Gasteiger partial charge >= 0.3 is 0 Å². The number of ether oxygens (including phenoxy) is 1. The lowest BCUT2D eigenvalue weighted by Gasteiger charge is -2.20. The Morgan fingerprint density at radius 2 is 1.83 bits per heavy atom. The van der Waals surface area contributed by atoms with Crippen molar-refractivity contribution in [2.75, 3.05) is 13.3 Å². The van der Waals surface area contributed by atoms with Crippen molar-refractivity contribution in [2.45, 2.75) is 32.9 Å². The van der Waals surface area contributed by atoms with Gasteiger partial charge in [0.25, 0.3) is 0 Å². The van der Waals surface area contributed by atoms with Gasteiger partial charge in [-0.25, -0.2) is 13.2 Å². The Morgan fingerprint density at radius 1 is 1.10 bits per heavy atom. The number of alkyl halides is 1. The fourth-order valence-electron chi connectivity index (χ4n) is 2.89. The van der Waals surface area contributed by atoms with Gasteiger partial charge in [0.2, 0.25) is 0 Å². The van der Waals surface area contributed by atoms with Crippen LogP contribution in [0.5, 0.6) is 5.75 Å². The summed E-state index contributed by atoms with van der Waals surface area (Å²) >= 11 is 0. The lowest BCUT2D eigenvalue weighted by atomic mass is 9.95. The molecule has 30 heavy (non-hydrogen) atoms. The van der Waals surface area contributed by atoms with E-state index in [-0.39, 0.29) is 37.0 Å². The second kappa shape index (κ2) is 11.9. The van der Waals surface area contributed by atoms with E-state index < -0.39 is 0 Å². The van der Waals surface area contributed by atoms with Crippen molar-refractivity contribution in [2.24, 2.45) is 4.99 Å². The van der Waals surface area contributed by atoms with E-state index >= 15 is 0 Å². The second-order valence-corrected chi connectivity index (χ2v) is 6.70. The van der Waals surface area contributed by atoms with Gasteiger partial charge < -0.3 is 10.1 Å². The number of hydrogen-bond acceptors (Lipinski definition) is 3. The molecule has 0 fully saturated rings. The quantitative estimate of drug-likeness (QED) is 0.590. The molecular weight excluding hydrogens is 389 g/mol. The number of nitrogens with one attached hydrogen (secondary N) is 1. The molecule has 0 saturated carbocycles. The van der Waals surface area contributed by atoms with Crippen molar-refractivity contribution >= 4 is 5.84 Å². The highest BCUT2D eigenvalue weighted by atomic mass is 19.1. The Balaban J connectivity index is 0.000000575. The van der Waals surface area contributed by atoms with Crippen LogP contribution >= 0.6 is 0 Å². The third-order valence-electron chi connectivity index (χ3n) is 4.58. The van der Waals surface area contributed by atoms with E-state index in [0.29, 0.717) is 11.6 Å². The minimum Gasteiger partial charge on any atom is -0.486 e. The van der Waals surface area contributed by atoms with Crippen LogP contribution < -0.4 is 10.1 Å². The van der Waals surface area contributed by atoms with Crippen LogP contribution in [0.3, 0.4) is 0 Å². The highest BCUT2D eigenvalue weighted by molar-refractivity contribution is 5.86. The van der Waals surface area contributed by atoms with Gasteiger partial charge in [0, 0.05) is 0 Å². The topological polar surface area (TPSA) is 33.6 Å². The van der Waals surface area contributed by atoms with E-state index in [1.807, 2.05) is 26.0 Å². The zero-order valence-electron chi connectivity index (χ0n) is 17.4. The van der Waals surface area contributed by atoms with Crippen LogP contribution in [0.25, 0.3) is 0 Å². The average Bonchev–Trinajstić information content (AvgIpc) is 3.18. The maximum atomic E-state index is 13.6. The third kappa shape index (κ3) is 6.79. The molecule has 1 heterocycles. The standard InChI is InChI=1S/C20H20F2N2O.C4H7F/c1-3-13(2)19-20(14-5-4-6-16(22)11-14)24-18(23-19)12-25-17-9-7-15(21)8-10-17;1-2-3-4-5/h3-11,19-20H,12H2,1-2H3,(H,23,24);2-3H,4H2,1H3/b13-3+;3-2-/t19-,20+;/m1./s1. The van der Waals surface area contributed by atoms with Gasteiger partial charge in [-0.2, -0.15) is 0 Å². The minimum absolute atomic E-state index is 0.0429. The van der Waals surface area contributed by atoms with E-state index in [2.05, 4.69) is 10.3 Å². The molecule has 0 aliphatic carbocycles. The largest absolute Gasteiger partial charge is 0.486 e. The van der Waals surface area contributed by atoms with E-state index in [9.17, 15) is 13.2 Å². The number of rotatable bonds is 6. The van der Waals surface area contributed by atoms with Crippen molar-refractivity contribution in [3.63, 3.8) is 0 Å². The Bertz CT molecular complexity index is 892. The highest BCUT2D eigenvalue weighted by Crippen LogP contribution is 2.30. The number of halogens is 3. The van der Waals surface area contributed by atoms with Gasteiger partial charge in [-0.05, 0) is 62.7 Å². The number of nitrogens with zero attached hydrogens (tertiary/aromatic N) is 1. The summed E-state index contributed by atoms with van der Waals surface area (Å²) in [5.41, 5.74) is 1.94. The average molecular weight is 416 g/mol. The Kier molecular flexibility index (Phi) is 9.19. The summed E-state index contributed by atoms with van der Waals surface area (Å²) in [6.07, 6.45) is 5.16. The summed E-state index contributed by atoms with van der Waals surface area (Å²) in [6.45, 7) is 5.68. The Labute approximate surface area is 176 Å². The normalized spacial score (nSPS) is 18.5. The van der Waals surface area contributed by atoms with E-state index in [1.54, 1.807) is 31.2 Å². The number of allylic oxidation sites excluding steroid dienone is 3. The molecule has 0 saturated heterocycles.